The van der Waals surface area contributed by atoms with Gasteiger partial charge in [0.1, 0.15) is 0 Å². The molecule has 2 heterocycles. The molecule has 2 heteroatoms. The molecule has 1 atom stereocenters. The van der Waals surface area contributed by atoms with Crippen molar-refractivity contribution in [3.05, 3.63) is 199 Å². The minimum atomic E-state index is 0.318. The molecule has 1 aliphatic heterocycles. The quantitative estimate of drug-likeness (QED) is 0.182. The Hall–Kier alpha value is -6.38. The molecule has 1 aliphatic carbocycles. The Balaban J connectivity index is 1.12. The Morgan fingerprint density at radius 1 is 0.440 bits per heavy atom. The molecule has 7 aromatic carbocycles. The summed E-state index contributed by atoms with van der Waals surface area (Å²) < 4.78 is 2.44. The first-order chi connectivity index (χ1) is 24.8. The smallest absolute Gasteiger partial charge is 0.0541 e. The highest BCUT2D eigenvalue weighted by Gasteiger charge is 2.36. The first-order valence-corrected chi connectivity index (χ1v) is 17.5. The molecule has 0 amide bonds. The zero-order chi connectivity index (χ0) is 33.0. The summed E-state index contributed by atoms with van der Waals surface area (Å²) in [6.07, 6.45) is 7.84. The van der Waals surface area contributed by atoms with Crippen molar-refractivity contribution >= 4 is 33.2 Å². The van der Waals surface area contributed by atoms with Gasteiger partial charge in [0.25, 0.3) is 0 Å². The monoisotopic (exact) mass is 638 g/mol. The number of allylic oxidation sites excluding steroid dienone is 4. The lowest BCUT2D eigenvalue weighted by molar-refractivity contribution is 0.820. The first-order valence-electron chi connectivity index (χ1n) is 17.5. The van der Waals surface area contributed by atoms with Crippen molar-refractivity contribution in [2.45, 2.75) is 12.3 Å². The number of para-hydroxylation sites is 3. The Labute approximate surface area is 292 Å². The van der Waals surface area contributed by atoms with Gasteiger partial charge in [0.2, 0.25) is 0 Å². The minimum absolute atomic E-state index is 0.318. The van der Waals surface area contributed by atoms with Crippen molar-refractivity contribution in [1.82, 2.24) is 4.57 Å². The molecule has 2 aliphatic rings. The van der Waals surface area contributed by atoms with Crippen LogP contribution in [0.2, 0.25) is 0 Å². The minimum Gasteiger partial charge on any atom is -0.313 e. The fraction of sp³-hybridized carbons (Fsp3) is 0.0417. The summed E-state index contributed by atoms with van der Waals surface area (Å²) in [5.41, 5.74) is 16.3. The van der Waals surface area contributed by atoms with Crippen LogP contribution in [0.5, 0.6) is 0 Å². The van der Waals surface area contributed by atoms with Crippen molar-refractivity contribution in [2.24, 2.45) is 0 Å². The molecule has 8 aromatic rings. The van der Waals surface area contributed by atoms with Gasteiger partial charge in [-0.15, -0.1) is 0 Å². The summed E-state index contributed by atoms with van der Waals surface area (Å²) in [5.74, 6) is 0.318. The van der Waals surface area contributed by atoms with E-state index in [4.69, 9.17) is 0 Å². The van der Waals surface area contributed by atoms with E-state index in [1.807, 2.05) is 0 Å². The summed E-state index contributed by atoms with van der Waals surface area (Å²) in [4.78, 5) is 2.50. The fourth-order valence-corrected chi connectivity index (χ4v) is 8.23. The number of rotatable bonds is 5. The number of anilines is 2. The summed E-state index contributed by atoms with van der Waals surface area (Å²) in [6.45, 7) is 0. The predicted molar refractivity (Wildman–Crippen MR) is 210 cm³/mol. The topological polar surface area (TPSA) is 8.17 Å². The lowest BCUT2D eigenvalue weighted by Crippen LogP contribution is -2.15. The molecule has 50 heavy (non-hydrogen) atoms. The highest BCUT2D eigenvalue weighted by molar-refractivity contribution is 6.11. The molecule has 0 spiro atoms. The lowest BCUT2D eigenvalue weighted by Gasteiger charge is -2.27. The summed E-state index contributed by atoms with van der Waals surface area (Å²) in [5, 5.41) is 2.53. The zero-order valence-corrected chi connectivity index (χ0v) is 27.6. The average Bonchev–Trinajstić information content (AvgIpc) is 3.70. The highest BCUT2D eigenvalue weighted by atomic mass is 15.2. The van der Waals surface area contributed by atoms with E-state index in [2.05, 4.69) is 198 Å². The second-order valence-electron chi connectivity index (χ2n) is 13.3. The maximum atomic E-state index is 2.50. The molecule has 0 saturated heterocycles. The number of aromatic nitrogens is 1. The third-order valence-corrected chi connectivity index (χ3v) is 10.5. The Bertz CT molecular complexity index is 2620. The SMILES string of the molecule is C1=CCC2C(=C1)N(c1ccccc1-c1ccccc1)c1ccc(-c3ccc4c(c3)c3ccccc3n4-c3ccccc3-c3ccccc3)cc12. The van der Waals surface area contributed by atoms with Gasteiger partial charge >= 0.3 is 0 Å². The third-order valence-electron chi connectivity index (χ3n) is 10.5. The van der Waals surface area contributed by atoms with E-state index in [9.17, 15) is 0 Å². The third kappa shape index (κ3) is 4.49. The van der Waals surface area contributed by atoms with E-state index in [1.165, 1.54) is 83.5 Å². The summed E-state index contributed by atoms with van der Waals surface area (Å²) >= 11 is 0. The predicted octanol–water partition coefficient (Wildman–Crippen LogP) is 12.9. The number of hydrogen-bond acceptors (Lipinski definition) is 1. The van der Waals surface area contributed by atoms with E-state index in [0.717, 1.165) is 6.42 Å². The zero-order valence-electron chi connectivity index (χ0n) is 27.6. The van der Waals surface area contributed by atoms with Crippen molar-refractivity contribution in [2.75, 3.05) is 4.90 Å². The number of hydrogen-bond donors (Lipinski definition) is 0. The van der Waals surface area contributed by atoms with Crippen molar-refractivity contribution in [3.63, 3.8) is 0 Å². The second-order valence-corrected chi connectivity index (χ2v) is 13.3. The maximum absolute atomic E-state index is 2.50. The second kappa shape index (κ2) is 11.6. The van der Waals surface area contributed by atoms with Gasteiger partial charge < -0.3 is 9.47 Å². The summed E-state index contributed by atoms with van der Waals surface area (Å²) in [6, 6.07) is 62.0. The van der Waals surface area contributed by atoms with E-state index in [0.29, 0.717) is 5.92 Å². The van der Waals surface area contributed by atoms with Crippen molar-refractivity contribution < 1.29 is 0 Å². The Morgan fingerprint density at radius 3 is 1.82 bits per heavy atom. The first kappa shape index (κ1) is 28.6. The molecule has 0 fully saturated rings. The number of nitrogens with zero attached hydrogens (tertiary/aromatic N) is 2. The van der Waals surface area contributed by atoms with Crippen LogP contribution in [0.15, 0.2) is 194 Å². The molecule has 2 nitrogen and oxygen atoms in total. The van der Waals surface area contributed by atoms with Gasteiger partial charge in [-0.2, -0.15) is 0 Å². The van der Waals surface area contributed by atoms with Crippen LogP contribution in [-0.2, 0) is 0 Å². The van der Waals surface area contributed by atoms with Gasteiger partial charge in [0.05, 0.1) is 22.4 Å². The van der Waals surface area contributed by atoms with Gasteiger partial charge in [-0.1, -0.05) is 140 Å². The molecule has 0 radical (unpaired) electrons. The van der Waals surface area contributed by atoms with Gasteiger partial charge in [0, 0.05) is 39.2 Å². The van der Waals surface area contributed by atoms with Gasteiger partial charge in [-0.3, -0.25) is 0 Å². The van der Waals surface area contributed by atoms with Gasteiger partial charge in [-0.05, 0) is 82.8 Å². The molecular formula is C48H34N2. The van der Waals surface area contributed by atoms with Crippen LogP contribution in [0.4, 0.5) is 11.4 Å². The lowest BCUT2D eigenvalue weighted by atomic mass is 9.90. The highest BCUT2D eigenvalue weighted by Crippen LogP contribution is 2.53. The Morgan fingerprint density at radius 2 is 1.04 bits per heavy atom. The molecular weight excluding hydrogens is 605 g/mol. The molecule has 1 unspecified atom stereocenters. The molecule has 0 N–H and O–H groups in total. The van der Waals surface area contributed by atoms with Crippen LogP contribution in [0.1, 0.15) is 17.9 Å². The van der Waals surface area contributed by atoms with Crippen LogP contribution in [0.3, 0.4) is 0 Å². The molecule has 1 aromatic heterocycles. The summed E-state index contributed by atoms with van der Waals surface area (Å²) in [7, 11) is 0. The van der Waals surface area contributed by atoms with Crippen LogP contribution in [0, 0.1) is 0 Å². The molecule has 0 bridgehead atoms. The van der Waals surface area contributed by atoms with Crippen LogP contribution >= 0.6 is 0 Å². The Kier molecular flexibility index (Phi) is 6.67. The standard InChI is InChI=1S/C48H34N2/c1-3-15-33(16-4-1)37-19-7-11-23-43(37)49-45-25-13-9-21-39(45)41-31-35(27-29-47(41)49)36-28-30-48-42(32-36)40-22-10-14-26-46(40)50(48)44-24-12-8-20-38(44)34-17-5-2-6-18-34/h1-21,23-32,40H,22H2. The largest absolute Gasteiger partial charge is 0.313 e. The molecule has 0 saturated carbocycles. The van der Waals surface area contributed by atoms with E-state index < -0.39 is 0 Å². The van der Waals surface area contributed by atoms with E-state index in [-0.39, 0.29) is 0 Å². The van der Waals surface area contributed by atoms with Crippen molar-refractivity contribution in [3.8, 4) is 39.1 Å². The van der Waals surface area contributed by atoms with Crippen molar-refractivity contribution in [1.29, 1.82) is 0 Å². The van der Waals surface area contributed by atoms with Crippen LogP contribution in [0.25, 0.3) is 60.9 Å². The fourth-order valence-electron chi connectivity index (χ4n) is 8.23. The normalized spacial score (nSPS) is 14.9. The van der Waals surface area contributed by atoms with Gasteiger partial charge in [-0.25, -0.2) is 0 Å². The van der Waals surface area contributed by atoms with Crippen LogP contribution < -0.4 is 4.90 Å². The van der Waals surface area contributed by atoms with E-state index in [1.54, 1.807) is 0 Å². The van der Waals surface area contributed by atoms with Crippen LogP contribution in [-0.4, -0.2) is 4.57 Å². The van der Waals surface area contributed by atoms with Gasteiger partial charge in [0.15, 0.2) is 0 Å². The number of benzene rings is 7. The molecule has 10 rings (SSSR count). The molecule has 236 valence electrons. The average molecular weight is 639 g/mol. The number of fused-ring (bicyclic) bond motifs is 6. The van der Waals surface area contributed by atoms with E-state index >= 15 is 0 Å². The maximum Gasteiger partial charge on any atom is 0.0541 e.